The molecule has 100 valence electrons. The summed E-state index contributed by atoms with van der Waals surface area (Å²) >= 11 is 1.72. The second-order valence-electron chi connectivity index (χ2n) is 5.07. The molecule has 1 saturated heterocycles. The third kappa shape index (κ3) is 3.25. The number of carbonyl (C=O) groups excluding carboxylic acids is 1. The molecule has 2 rings (SSSR count). The maximum absolute atomic E-state index is 12.5. The van der Waals surface area contributed by atoms with Crippen LogP contribution in [0.25, 0.3) is 0 Å². The Kier molecular flexibility index (Phi) is 4.64. The largest absolute Gasteiger partial charge is 0.324 e. The Bertz CT molecular complexity index is 377. The Balaban J connectivity index is 1.96. The molecule has 1 fully saturated rings. The molecule has 1 atom stereocenters. The highest BCUT2D eigenvalue weighted by atomic mass is 32.1. The van der Waals surface area contributed by atoms with Gasteiger partial charge in [0.25, 0.3) is 0 Å². The van der Waals surface area contributed by atoms with E-state index in [1.54, 1.807) is 11.3 Å². The smallest absolute Gasteiger partial charge is 0.320 e. The van der Waals surface area contributed by atoms with Crippen LogP contribution < -0.4 is 0 Å². The number of hydrogen-bond donors (Lipinski definition) is 0. The SMILES string of the molecule is CCN(Cc1cccs1)C(=O)N1CCCC(C)C1. The van der Waals surface area contributed by atoms with Crippen molar-refractivity contribution in [3.63, 3.8) is 0 Å². The molecule has 0 saturated carbocycles. The van der Waals surface area contributed by atoms with Gasteiger partial charge in [0.15, 0.2) is 0 Å². The van der Waals surface area contributed by atoms with Crippen LogP contribution in [0.5, 0.6) is 0 Å². The monoisotopic (exact) mass is 266 g/mol. The van der Waals surface area contributed by atoms with Crippen LogP contribution in [0.3, 0.4) is 0 Å². The first-order valence-electron chi connectivity index (χ1n) is 6.77. The van der Waals surface area contributed by atoms with Crippen molar-refractivity contribution in [3.8, 4) is 0 Å². The van der Waals surface area contributed by atoms with Gasteiger partial charge in [-0.15, -0.1) is 11.3 Å². The molecule has 0 aromatic carbocycles. The Labute approximate surface area is 113 Å². The molecule has 0 radical (unpaired) electrons. The average Bonchev–Trinajstić information content (AvgIpc) is 2.88. The molecule has 18 heavy (non-hydrogen) atoms. The highest BCUT2D eigenvalue weighted by Gasteiger charge is 2.24. The Hall–Kier alpha value is -1.03. The summed E-state index contributed by atoms with van der Waals surface area (Å²) in [5, 5.41) is 2.07. The number of rotatable bonds is 3. The van der Waals surface area contributed by atoms with Crippen LogP contribution in [-0.4, -0.2) is 35.5 Å². The normalized spacial score (nSPS) is 19.9. The van der Waals surface area contributed by atoms with Gasteiger partial charge >= 0.3 is 6.03 Å². The van der Waals surface area contributed by atoms with Gasteiger partial charge < -0.3 is 9.80 Å². The molecule has 3 nitrogen and oxygen atoms in total. The first-order valence-corrected chi connectivity index (χ1v) is 7.65. The van der Waals surface area contributed by atoms with Crippen LogP contribution in [0.4, 0.5) is 4.79 Å². The molecular weight excluding hydrogens is 244 g/mol. The van der Waals surface area contributed by atoms with Crippen LogP contribution in [0, 0.1) is 5.92 Å². The summed E-state index contributed by atoms with van der Waals surface area (Å²) in [6.07, 6.45) is 2.39. The maximum Gasteiger partial charge on any atom is 0.320 e. The van der Waals surface area contributed by atoms with Crippen molar-refractivity contribution in [1.29, 1.82) is 0 Å². The first kappa shape index (κ1) is 13.4. The van der Waals surface area contributed by atoms with Crippen LogP contribution in [0.15, 0.2) is 17.5 Å². The summed E-state index contributed by atoms with van der Waals surface area (Å²) in [5.41, 5.74) is 0. The Morgan fingerprint density at radius 3 is 3.06 bits per heavy atom. The second-order valence-corrected chi connectivity index (χ2v) is 6.10. The molecule has 2 heterocycles. The third-order valence-electron chi connectivity index (χ3n) is 3.51. The molecule has 2 amide bonds. The van der Waals surface area contributed by atoms with E-state index < -0.39 is 0 Å². The number of piperidine rings is 1. The minimum absolute atomic E-state index is 0.206. The molecule has 0 spiro atoms. The average molecular weight is 266 g/mol. The summed E-state index contributed by atoms with van der Waals surface area (Å²) in [5.74, 6) is 0.642. The van der Waals surface area contributed by atoms with Crippen LogP contribution in [0.1, 0.15) is 31.6 Å². The minimum atomic E-state index is 0.206. The molecule has 0 bridgehead atoms. The van der Waals surface area contributed by atoms with E-state index in [0.717, 1.165) is 32.6 Å². The molecule has 1 aliphatic rings. The highest BCUT2D eigenvalue weighted by Crippen LogP contribution is 2.18. The van der Waals surface area contributed by atoms with E-state index in [1.807, 2.05) is 15.9 Å². The fourth-order valence-corrected chi connectivity index (χ4v) is 3.19. The van der Waals surface area contributed by atoms with Crippen molar-refractivity contribution in [2.75, 3.05) is 19.6 Å². The summed E-state index contributed by atoms with van der Waals surface area (Å²) < 4.78 is 0. The number of nitrogens with zero attached hydrogens (tertiary/aromatic N) is 2. The van der Waals surface area contributed by atoms with E-state index in [-0.39, 0.29) is 6.03 Å². The molecule has 0 N–H and O–H groups in total. The van der Waals surface area contributed by atoms with Gasteiger partial charge in [-0.2, -0.15) is 0 Å². The van der Waals surface area contributed by atoms with Crippen molar-refractivity contribution in [2.45, 2.75) is 33.2 Å². The number of likely N-dealkylation sites (tertiary alicyclic amines) is 1. The highest BCUT2D eigenvalue weighted by molar-refractivity contribution is 7.09. The Morgan fingerprint density at radius 2 is 2.44 bits per heavy atom. The van der Waals surface area contributed by atoms with Crippen molar-refractivity contribution in [1.82, 2.24) is 9.80 Å². The summed E-state index contributed by atoms with van der Waals surface area (Å²) in [6.45, 7) is 7.65. The fraction of sp³-hybridized carbons (Fsp3) is 0.643. The van der Waals surface area contributed by atoms with Crippen molar-refractivity contribution in [2.24, 2.45) is 5.92 Å². The molecule has 1 aromatic heterocycles. The van der Waals surface area contributed by atoms with Gasteiger partial charge in [0, 0.05) is 24.5 Å². The molecule has 4 heteroatoms. The van der Waals surface area contributed by atoms with Crippen molar-refractivity contribution in [3.05, 3.63) is 22.4 Å². The zero-order chi connectivity index (χ0) is 13.0. The topological polar surface area (TPSA) is 23.6 Å². The van der Waals surface area contributed by atoms with Gasteiger partial charge in [-0.1, -0.05) is 13.0 Å². The first-order chi connectivity index (χ1) is 8.70. The quantitative estimate of drug-likeness (QED) is 0.822. The summed E-state index contributed by atoms with van der Waals surface area (Å²) in [7, 11) is 0. The summed E-state index contributed by atoms with van der Waals surface area (Å²) in [6, 6.07) is 4.35. The van der Waals surface area contributed by atoms with E-state index in [2.05, 4.69) is 25.3 Å². The zero-order valence-corrected chi connectivity index (χ0v) is 12.1. The second kappa shape index (κ2) is 6.23. The number of amides is 2. The molecular formula is C14H22N2OS. The van der Waals surface area contributed by atoms with E-state index in [9.17, 15) is 4.79 Å². The lowest BCUT2D eigenvalue weighted by Crippen LogP contribution is -2.46. The van der Waals surface area contributed by atoms with Gasteiger partial charge in [0.2, 0.25) is 0 Å². The lowest BCUT2D eigenvalue weighted by atomic mass is 10.0. The van der Waals surface area contributed by atoms with Gasteiger partial charge in [-0.25, -0.2) is 4.79 Å². The van der Waals surface area contributed by atoms with Gasteiger partial charge in [0.05, 0.1) is 6.54 Å². The van der Waals surface area contributed by atoms with Gasteiger partial charge in [-0.05, 0) is 37.1 Å². The van der Waals surface area contributed by atoms with E-state index in [1.165, 1.54) is 11.3 Å². The lowest BCUT2D eigenvalue weighted by molar-refractivity contribution is 0.131. The number of thiophene rings is 1. The molecule has 1 aliphatic heterocycles. The van der Waals surface area contributed by atoms with E-state index >= 15 is 0 Å². The predicted molar refractivity (Wildman–Crippen MR) is 75.8 cm³/mol. The molecule has 1 unspecified atom stereocenters. The minimum Gasteiger partial charge on any atom is -0.324 e. The molecule has 0 aliphatic carbocycles. The van der Waals surface area contributed by atoms with Gasteiger partial charge in [-0.3, -0.25) is 0 Å². The fourth-order valence-electron chi connectivity index (χ4n) is 2.47. The Morgan fingerprint density at radius 1 is 1.61 bits per heavy atom. The third-order valence-corrected chi connectivity index (χ3v) is 4.37. The van der Waals surface area contributed by atoms with E-state index in [4.69, 9.17) is 0 Å². The van der Waals surface area contributed by atoms with Crippen molar-refractivity contribution < 1.29 is 4.79 Å². The number of urea groups is 1. The predicted octanol–water partition coefficient (Wildman–Crippen LogP) is 3.42. The van der Waals surface area contributed by atoms with E-state index in [0.29, 0.717) is 5.92 Å². The van der Waals surface area contributed by atoms with Crippen LogP contribution in [-0.2, 0) is 6.54 Å². The molecule has 1 aromatic rings. The van der Waals surface area contributed by atoms with Crippen LogP contribution >= 0.6 is 11.3 Å². The van der Waals surface area contributed by atoms with Gasteiger partial charge in [0.1, 0.15) is 0 Å². The van der Waals surface area contributed by atoms with Crippen molar-refractivity contribution >= 4 is 17.4 Å². The maximum atomic E-state index is 12.5. The standard InChI is InChI=1S/C14H22N2OS/c1-3-15(11-13-7-5-9-18-13)14(17)16-8-4-6-12(2)10-16/h5,7,9,12H,3-4,6,8,10-11H2,1-2H3. The van der Waals surface area contributed by atoms with Crippen LogP contribution in [0.2, 0.25) is 0 Å². The number of hydrogen-bond acceptors (Lipinski definition) is 2. The lowest BCUT2D eigenvalue weighted by Gasteiger charge is -2.35. The summed E-state index contributed by atoms with van der Waals surface area (Å²) in [4.78, 5) is 17.7. The zero-order valence-electron chi connectivity index (χ0n) is 11.3. The number of carbonyl (C=O) groups is 1.